The number of likely N-dealkylation sites (N-methyl/N-ethyl adjacent to an activating group) is 1. The number of benzene rings is 1. The van der Waals surface area contributed by atoms with Gasteiger partial charge in [0, 0.05) is 25.0 Å². The lowest BCUT2D eigenvalue weighted by molar-refractivity contribution is 0.297. The Hall–Kier alpha value is -1.26. The van der Waals surface area contributed by atoms with Crippen LogP contribution in [0.4, 0.5) is 0 Å². The fraction of sp³-hybridized carbons (Fsp3) is 0.600. The highest BCUT2D eigenvalue weighted by molar-refractivity contribution is 5.43. The predicted octanol–water partition coefficient (Wildman–Crippen LogP) is 1.94. The first-order valence-electron chi connectivity index (χ1n) is 6.89. The number of nitrogens with one attached hydrogen (secondary N) is 2. The monoisotopic (exact) mass is 264 g/mol. The molecule has 2 N–H and O–H groups in total. The molecule has 0 spiro atoms. The summed E-state index contributed by atoms with van der Waals surface area (Å²) in [5.74, 6) is 1.72. The van der Waals surface area contributed by atoms with Gasteiger partial charge in [-0.05, 0) is 38.6 Å². The molecule has 0 fully saturated rings. The smallest absolute Gasteiger partial charge is 0.161 e. The molecule has 1 aliphatic rings. The quantitative estimate of drug-likeness (QED) is 0.853. The van der Waals surface area contributed by atoms with Gasteiger partial charge in [-0.2, -0.15) is 0 Å². The average Bonchev–Trinajstić information content (AvgIpc) is 2.61. The summed E-state index contributed by atoms with van der Waals surface area (Å²) >= 11 is 0. The van der Waals surface area contributed by atoms with Crippen LogP contribution in [0.25, 0.3) is 0 Å². The molecule has 0 aliphatic carbocycles. The van der Waals surface area contributed by atoms with Crippen LogP contribution >= 0.6 is 0 Å². The van der Waals surface area contributed by atoms with E-state index >= 15 is 0 Å². The Labute approximate surface area is 115 Å². The van der Waals surface area contributed by atoms with Gasteiger partial charge in [0.1, 0.15) is 0 Å². The molecule has 4 heteroatoms. The summed E-state index contributed by atoms with van der Waals surface area (Å²) in [5.41, 5.74) is 1.28. The summed E-state index contributed by atoms with van der Waals surface area (Å²) in [6, 6.07) is 6.17. The lowest BCUT2D eigenvalue weighted by atomic mass is 10.1. The van der Waals surface area contributed by atoms with Gasteiger partial charge >= 0.3 is 0 Å². The van der Waals surface area contributed by atoms with Gasteiger partial charge in [0.05, 0.1) is 13.2 Å². The zero-order valence-corrected chi connectivity index (χ0v) is 12.1. The minimum atomic E-state index is 0.0684. The van der Waals surface area contributed by atoms with E-state index in [2.05, 4.69) is 36.6 Å². The van der Waals surface area contributed by atoms with Crippen LogP contribution in [0.2, 0.25) is 0 Å². The topological polar surface area (TPSA) is 42.5 Å². The third-order valence-electron chi connectivity index (χ3n) is 3.20. The van der Waals surface area contributed by atoms with E-state index in [0.717, 1.165) is 44.2 Å². The minimum absolute atomic E-state index is 0.0684. The number of ether oxygens (including phenoxy) is 2. The average molecular weight is 264 g/mol. The first kappa shape index (κ1) is 14.2. The van der Waals surface area contributed by atoms with Gasteiger partial charge in [-0.3, -0.25) is 0 Å². The molecule has 0 saturated carbocycles. The number of rotatable bonds is 5. The Balaban J connectivity index is 2.00. The number of hydrogen-bond acceptors (Lipinski definition) is 4. The maximum absolute atomic E-state index is 5.70. The molecule has 19 heavy (non-hydrogen) atoms. The summed E-state index contributed by atoms with van der Waals surface area (Å²) in [6.45, 7) is 7.59. The maximum atomic E-state index is 5.70. The van der Waals surface area contributed by atoms with Gasteiger partial charge in [0.25, 0.3) is 0 Å². The van der Waals surface area contributed by atoms with Crippen molar-refractivity contribution in [2.24, 2.45) is 0 Å². The van der Waals surface area contributed by atoms with Gasteiger partial charge in [-0.15, -0.1) is 0 Å². The van der Waals surface area contributed by atoms with Crippen molar-refractivity contribution < 1.29 is 9.47 Å². The SMILES string of the molecule is CNCC(C)(C)NCc1ccc2c(c1)OCCCO2. The fourth-order valence-electron chi connectivity index (χ4n) is 2.16. The molecule has 1 heterocycles. The Bertz CT molecular complexity index is 419. The second-order valence-corrected chi connectivity index (χ2v) is 5.60. The van der Waals surface area contributed by atoms with Crippen molar-refractivity contribution in [3.63, 3.8) is 0 Å². The van der Waals surface area contributed by atoms with Crippen LogP contribution in [-0.2, 0) is 6.54 Å². The van der Waals surface area contributed by atoms with Crippen molar-refractivity contribution >= 4 is 0 Å². The second-order valence-electron chi connectivity index (χ2n) is 5.60. The van der Waals surface area contributed by atoms with Crippen LogP contribution in [0.5, 0.6) is 11.5 Å². The van der Waals surface area contributed by atoms with Crippen molar-refractivity contribution in [3.05, 3.63) is 23.8 Å². The molecule has 106 valence electrons. The van der Waals surface area contributed by atoms with E-state index in [1.807, 2.05) is 13.1 Å². The molecular weight excluding hydrogens is 240 g/mol. The number of fused-ring (bicyclic) bond motifs is 1. The number of hydrogen-bond donors (Lipinski definition) is 2. The molecule has 0 amide bonds. The molecule has 0 aromatic heterocycles. The zero-order valence-electron chi connectivity index (χ0n) is 12.1. The van der Waals surface area contributed by atoms with Crippen LogP contribution < -0.4 is 20.1 Å². The summed E-state index contributed by atoms with van der Waals surface area (Å²) in [4.78, 5) is 0. The zero-order chi connectivity index (χ0) is 13.7. The van der Waals surface area contributed by atoms with Gasteiger partial charge in [0.2, 0.25) is 0 Å². The van der Waals surface area contributed by atoms with Crippen LogP contribution in [0.3, 0.4) is 0 Å². The second kappa shape index (κ2) is 6.26. The third-order valence-corrected chi connectivity index (χ3v) is 3.20. The Morgan fingerprint density at radius 2 is 1.89 bits per heavy atom. The lowest BCUT2D eigenvalue weighted by Gasteiger charge is -2.26. The van der Waals surface area contributed by atoms with E-state index in [1.54, 1.807) is 0 Å². The standard InChI is InChI=1S/C15H24N2O2/c1-15(2,11-16-3)17-10-12-5-6-13-14(9-12)19-8-4-7-18-13/h5-6,9,16-17H,4,7-8,10-11H2,1-3H3. The maximum Gasteiger partial charge on any atom is 0.161 e. The molecule has 0 radical (unpaired) electrons. The fourth-order valence-corrected chi connectivity index (χ4v) is 2.16. The summed E-state index contributed by atoms with van der Waals surface area (Å²) < 4.78 is 11.3. The molecular formula is C15H24N2O2. The molecule has 0 bridgehead atoms. The van der Waals surface area contributed by atoms with Gasteiger partial charge in [-0.25, -0.2) is 0 Å². The molecule has 1 aromatic rings. The van der Waals surface area contributed by atoms with E-state index in [4.69, 9.17) is 9.47 Å². The van der Waals surface area contributed by atoms with E-state index in [9.17, 15) is 0 Å². The molecule has 4 nitrogen and oxygen atoms in total. The van der Waals surface area contributed by atoms with E-state index < -0.39 is 0 Å². The van der Waals surface area contributed by atoms with Gasteiger partial charge in [0.15, 0.2) is 11.5 Å². The molecule has 0 saturated heterocycles. The van der Waals surface area contributed by atoms with Crippen LogP contribution in [0.15, 0.2) is 18.2 Å². The lowest BCUT2D eigenvalue weighted by Crippen LogP contribution is -2.46. The van der Waals surface area contributed by atoms with Gasteiger partial charge < -0.3 is 20.1 Å². The summed E-state index contributed by atoms with van der Waals surface area (Å²) in [6.07, 6.45) is 0.942. The largest absolute Gasteiger partial charge is 0.490 e. The summed E-state index contributed by atoms with van der Waals surface area (Å²) in [5, 5.41) is 6.74. The van der Waals surface area contributed by atoms with Crippen molar-refractivity contribution in [3.8, 4) is 11.5 Å². The third kappa shape index (κ3) is 4.11. The first-order chi connectivity index (χ1) is 9.11. The summed E-state index contributed by atoms with van der Waals surface area (Å²) in [7, 11) is 1.97. The first-order valence-corrected chi connectivity index (χ1v) is 6.89. The van der Waals surface area contributed by atoms with Crippen LogP contribution in [0, 0.1) is 0 Å². The Morgan fingerprint density at radius 3 is 2.63 bits per heavy atom. The predicted molar refractivity (Wildman–Crippen MR) is 76.9 cm³/mol. The highest BCUT2D eigenvalue weighted by Gasteiger charge is 2.16. The minimum Gasteiger partial charge on any atom is -0.490 e. The van der Waals surface area contributed by atoms with E-state index in [1.165, 1.54) is 5.56 Å². The van der Waals surface area contributed by atoms with Crippen molar-refractivity contribution in [2.75, 3.05) is 26.8 Å². The van der Waals surface area contributed by atoms with E-state index in [-0.39, 0.29) is 5.54 Å². The normalized spacial score (nSPS) is 15.1. The molecule has 1 aliphatic heterocycles. The molecule has 1 aromatic carbocycles. The molecule has 2 rings (SSSR count). The molecule has 0 atom stereocenters. The van der Waals surface area contributed by atoms with Gasteiger partial charge in [-0.1, -0.05) is 6.07 Å². The van der Waals surface area contributed by atoms with Crippen LogP contribution in [0.1, 0.15) is 25.8 Å². The van der Waals surface area contributed by atoms with Crippen molar-refractivity contribution in [1.82, 2.24) is 10.6 Å². The molecule has 0 unspecified atom stereocenters. The van der Waals surface area contributed by atoms with Crippen molar-refractivity contribution in [1.29, 1.82) is 0 Å². The van der Waals surface area contributed by atoms with Crippen molar-refractivity contribution in [2.45, 2.75) is 32.4 Å². The highest BCUT2D eigenvalue weighted by Crippen LogP contribution is 2.30. The van der Waals surface area contributed by atoms with Crippen LogP contribution in [-0.4, -0.2) is 32.3 Å². The Morgan fingerprint density at radius 1 is 1.16 bits per heavy atom. The van der Waals surface area contributed by atoms with E-state index in [0.29, 0.717) is 0 Å². The highest BCUT2D eigenvalue weighted by atomic mass is 16.5. The Kier molecular flexibility index (Phi) is 4.66.